The zero-order chi connectivity index (χ0) is 13.2. The van der Waals surface area contributed by atoms with Crippen LogP contribution in [-0.2, 0) is 6.18 Å². The summed E-state index contributed by atoms with van der Waals surface area (Å²) < 4.78 is 38.2. The first-order chi connectivity index (χ1) is 8.48. The van der Waals surface area contributed by atoms with E-state index in [1.54, 1.807) is 6.07 Å². The number of hydrogen-bond acceptors (Lipinski definition) is 2. The van der Waals surface area contributed by atoms with E-state index >= 15 is 0 Å². The van der Waals surface area contributed by atoms with E-state index in [9.17, 15) is 13.2 Å². The second kappa shape index (κ2) is 5.18. The van der Waals surface area contributed by atoms with Gasteiger partial charge in [-0.15, -0.1) is 0 Å². The van der Waals surface area contributed by atoms with Gasteiger partial charge in [0.1, 0.15) is 0 Å². The van der Waals surface area contributed by atoms with Gasteiger partial charge in [0.05, 0.1) is 5.56 Å². The van der Waals surface area contributed by atoms with Crippen LogP contribution in [0.25, 0.3) is 0 Å². The topological polar surface area (TPSA) is 15.3 Å². The molecule has 1 saturated carbocycles. The highest BCUT2D eigenvalue weighted by molar-refractivity contribution is 5.52. The van der Waals surface area contributed by atoms with Crippen LogP contribution in [0.15, 0.2) is 24.3 Å². The van der Waals surface area contributed by atoms with E-state index < -0.39 is 11.7 Å². The van der Waals surface area contributed by atoms with E-state index in [2.05, 4.69) is 10.2 Å². The molecule has 2 nitrogen and oxygen atoms in total. The average Bonchev–Trinajstić information content (AvgIpc) is 3.12. The largest absolute Gasteiger partial charge is 0.418 e. The molecule has 18 heavy (non-hydrogen) atoms. The summed E-state index contributed by atoms with van der Waals surface area (Å²) in [7, 11) is 2.01. The SMILES string of the molecule is CN(CCNc1ccccc1C(F)(F)F)C1CC1. The summed E-state index contributed by atoms with van der Waals surface area (Å²) in [5.41, 5.74) is -0.437. The van der Waals surface area contributed by atoms with E-state index in [4.69, 9.17) is 0 Å². The molecule has 0 heterocycles. The van der Waals surface area contributed by atoms with Crippen molar-refractivity contribution in [2.45, 2.75) is 25.1 Å². The van der Waals surface area contributed by atoms with E-state index in [0.29, 0.717) is 12.6 Å². The number of para-hydroxylation sites is 1. The van der Waals surface area contributed by atoms with Crippen LogP contribution >= 0.6 is 0 Å². The molecule has 1 aliphatic rings. The molecule has 1 aromatic rings. The van der Waals surface area contributed by atoms with Gasteiger partial charge in [-0.2, -0.15) is 13.2 Å². The van der Waals surface area contributed by atoms with Gasteiger partial charge in [-0.3, -0.25) is 0 Å². The molecular formula is C13H17F3N2. The van der Waals surface area contributed by atoms with Crippen LogP contribution < -0.4 is 5.32 Å². The molecule has 0 amide bonds. The first-order valence-electron chi connectivity index (χ1n) is 6.09. The van der Waals surface area contributed by atoms with E-state index in [1.165, 1.54) is 25.0 Å². The minimum atomic E-state index is -4.30. The third-order valence-electron chi connectivity index (χ3n) is 3.18. The lowest BCUT2D eigenvalue weighted by Crippen LogP contribution is -2.27. The maximum atomic E-state index is 12.7. The first-order valence-corrected chi connectivity index (χ1v) is 6.09. The van der Waals surface area contributed by atoms with Crippen LogP contribution in [0.2, 0.25) is 0 Å². The van der Waals surface area contributed by atoms with Crippen LogP contribution in [0.3, 0.4) is 0 Å². The number of nitrogens with one attached hydrogen (secondary N) is 1. The van der Waals surface area contributed by atoms with Crippen molar-refractivity contribution >= 4 is 5.69 Å². The van der Waals surface area contributed by atoms with Gasteiger partial charge in [-0.05, 0) is 32.0 Å². The van der Waals surface area contributed by atoms with Crippen molar-refractivity contribution in [2.75, 3.05) is 25.5 Å². The number of alkyl halides is 3. The van der Waals surface area contributed by atoms with Crippen molar-refractivity contribution in [3.63, 3.8) is 0 Å². The standard InChI is InChI=1S/C13H17F3N2/c1-18(10-6-7-10)9-8-17-12-5-3-2-4-11(12)13(14,15)16/h2-5,10,17H,6-9H2,1H3. The number of benzene rings is 1. The molecule has 0 aromatic heterocycles. The molecule has 0 atom stereocenters. The normalized spacial score (nSPS) is 16.1. The van der Waals surface area contributed by atoms with Crippen LogP contribution in [-0.4, -0.2) is 31.1 Å². The minimum absolute atomic E-state index is 0.161. The number of halogens is 3. The predicted molar refractivity (Wildman–Crippen MR) is 65.6 cm³/mol. The molecule has 2 rings (SSSR count). The Kier molecular flexibility index (Phi) is 3.80. The van der Waals surface area contributed by atoms with Gasteiger partial charge >= 0.3 is 6.18 Å². The van der Waals surface area contributed by atoms with E-state index in [0.717, 1.165) is 12.6 Å². The van der Waals surface area contributed by atoms with Crippen molar-refractivity contribution in [3.8, 4) is 0 Å². The highest BCUT2D eigenvalue weighted by Gasteiger charge is 2.33. The molecule has 100 valence electrons. The summed E-state index contributed by atoms with van der Waals surface area (Å²) in [4.78, 5) is 2.18. The summed E-state index contributed by atoms with van der Waals surface area (Å²) in [6, 6.07) is 6.23. The van der Waals surface area contributed by atoms with E-state index in [1.807, 2.05) is 7.05 Å². The van der Waals surface area contributed by atoms with Gasteiger partial charge in [0.25, 0.3) is 0 Å². The minimum Gasteiger partial charge on any atom is -0.383 e. The quantitative estimate of drug-likeness (QED) is 0.872. The fraction of sp³-hybridized carbons (Fsp3) is 0.538. The molecule has 0 spiro atoms. The third kappa shape index (κ3) is 3.38. The third-order valence-corrected chi connectivity index (χ3v) is 3.18. The van der Waals surface area contributed by atoms with Crippen molar-refractivity contribution < 1.29 is 13.2 Å². The van der Waals surface area contributed by atoms with Gasteiger partial charge in [-0.1, -0.05) is 12.1 Å². The molecule has 0 aliphatic heterocycles. The Bertz CT molecular complexity index is 399. The molecule has 1 aromatic carbocycles. The first kappa shape index (κ1) is 13.2. The highest BCUT2D eigenvalue weighted by Crippen LogP contribution is 2.34. The molecule has 1 fully saturated rings. The number of rotatable bonds is 5. The average molecular weight is 258 g/mol. The zero-order valence-electron chi connectivity index (χ0n) is 10.3. The predicted octanol–water partition coefficient (Wildman–Crippen LogP) is 3.21. The smallest absolute Gasteiger partial charge is 0.383 e. The molecule has 0 bridgehead atoms. The Hall–Kier alpha value is -1.23. The Labute approximate surface area is 105 Å². The van der Waals surface area contributed by atoms with Crippen molar-refractivity contribution in [2.24, 2.45) is 0 Å². The van der Waals surface area contributed by atoms with Gasteiger partial charge in [-0.25, -0.2) is 0 Å². The van der Waals surface area contributed by atoms with Crippen LogP contribution in [0, 0.1) is 0 Å². The second-order valence-electron chi connectivity index (χ2n) is 4.68. The van der Waals surface area contributed by atoms with Gasteiger partial charge in [0, 0.05) is 24.8 Å². The fourth-order valence-electron chi connectivity index (χ4n) is 1.95. The summed E-state index contributed by atoms with van der Waals surface area (Å²) in [6.07, 6.45) is -1.89. The highest BCUT2D eigenvalue weighted by atomic mass is 19.4. The van der Waals surface area contributed by atoms with Gasteiger partial charge < -0.3 is 10.2 Å². The van der Waals surface area contributed by atoms with Crippen LogP contribution in [0.4, 0.5) is 18.9 Å². The maximum Gasteiger partial charge on any atom is 0.418 e. The lowest BCUT2D eigenvalue weighted by atomic mass is 10.1. The Morgan fingerprint density at radius 2 is 1.94 bits per heavy atom. The molecule has 1 N–H and O–H groups in total. The maximum absolute atomic E-state index is 12.7. The molecule has 1 aliphatic carbocycles. The Morgan fingerprint density at radius 1 is 1.28 bits per heavy atom. The number of likely N-dealkylation sites (N-methyl/N-ethyl adjacent to an activating group) is 1. The summed E-state index contributed by atoms with van der Waals surface area (Å²) in [5, 5.41) is 2.87. The molecule has 0 unspecified atom stereocenters. The molecule has 5 heteroatoms. The number of anilines is 1. The lowest BCUT2D eigenvalue weighted by molar-refractivity contribution is -0.136. The summed E-state index contributed by atoms with van der Waals surface area (Å²) in [5.74, 6) is 0. The molecular weight excluding hydrogens is 241 g/mol. The zero-order valence-corrected chi connectivity index (χ0v) is 10.3. The molecule has 0 saturated heterocycles. The lowest BCUT2D eigenvalue weighted by Gasteiger charge is -2.18. The van der Waals surface area contributed by atoms with Crippen LogP contribution in [0.5, 0.6) is 0 Å². The van der Waals surface area contributed by atoms with Crippen molar-refractivity contribution in [1.82, 2.24) is 4.90 Å². The van der Waals surface area contributed by atoms with E-state index in [-0.39, 0.29) is 5.69 Å². The number of hydrogen-bond donors (Lipinski definition) is 1. The van der Waals surface area contributed by atoms with Crippen molar-refractivity contribution in [3.05, 3.63) is 29.8 Å². The second-order valence-corrected chi connectivity index (χ2v) is 4.68. The van der Waals surface area contributed by atoms with Gasteiger partial charge in [0.2, 0.25) is 0 Å². The molecule has 0 radical (unpaired) electrons. The summed E-state index contributed by atoms with van der Waals surface area (Å²) >= 11 is 0. The van der Waals surface area contributed by atoms with Gasteiger partial charge in [0.15, 0.2) is 0 Å². The summed E-state index contributed by atoms with van der Waals surface area (Å²) in [6.45, 7) is 1.29. The van der Waals surface area contributed by atoms with Crippen LogP contribution in [0.1, 0.15) is 18.4 Å². The Morgan fingerprint density at radius 3 is 2.56 bits per heavy atom. The number of nitrogens with zero attached hydrogens (tertiary/aromatic N) is 1. The fourth-order valence-corrected chi connectivity index (χ4v) is 1.95. The monoisotopic (exact) mass is 258 g/mol. The van der Waals surface area contributed by atoms with Crippen molar-refractivity contribution in [1.29, 1.82) is 0 Å². The Balaban J connectivity index is 1.92.